The average molecular weight is 280 g/mol. The van der Waals surface area contributed by atoms with Crippen LogP contribution in [0, 0.1) is 5.92 Å². The van der Waals surface area contributed by atoms with E-state index in [-0.39, 0.29) is 11.4 Å². The maximum Gasteiger partial charge on any atom is 0.258 e. The van der Waals surface area contributed by atoms with Gasteiger partial charge in [-0.3, -0.25) is 4.79 Å². The zero-order valence-electron chi connectivity index (χ0n) is 12.5. The minimum Gasteiger partial charge on any atom is -0.493 e. The molecule has 0 atom stereocenters. The second-order valence-electron chi connectivity index (χ2n) is 5.68. The van der Waals surface area contributed by atoms with Gasteiger partial charge in [-0.15, -0.1) is 0 Å². The molecule has 1 fully saturated rings. The molecule has 5 nitrogen and oxygen atoms in total. The Hall–Kier alpha value is -1.36. The number of hydrogen-bond donors (Lipinski definition) is 2. The normalized spacial score (nSPS) is 26.6. The molecule has 0 radical (unpaired) electrons. The minimum absolute atomic E-state index is 0.163. The highest BCUT2D eigenvalue weighted by atomic mass is 16.5. The molecule has 5 heteroatoms. The third kappa shape index (κ3) is 2.73. The number of ether oxygens (including phenoxy) is 1. The van der Waals surface area contributed by atoms with Gasteiger partial charge in [0, 0.05) is 6.61 Å². The van der Waals surface area contributed by atoms with Gasteiger partial charge < -0.3 is 14.8 Å². The number of H-pyrrole nitrogens is 1. The van der Waals surface area contributed by atoms with Crippen LogP contribution < -0.4 is 5.56 Å². The fourth-order valence-electron chi connectivity index (χ4n) is 2.97. The largest absolute Gasteiger partial charge is 0.493 e. The van der Waals surface area contributed by atoms with Crippen LogP contribution in [-0.2, 0) is 16.8 Å². The summed E-state index contributed by atoms with van der Waals surface area (Å²) in [6, 6.07) is 0. The van der Waals surface area contributed by atoms with Crippen LogP contribution in [0.25, 0.3) is 0 Å². The molecule has 0 saturated heterocycles. The first-order valence-electron chi connectivity index (χ1n) is 7.49. The lowest BCUT2D eigenvalue weighted by Crippen LogP contribution is -2.38. The van der Waals surface area contributed by atoms with Crippen molar-refractivity contribution in [1.29, 1.82) is 0 Å². The fourth-order valence-corrected chi connectivity index (χ4v) is 2.97. The van der Waals surface area contributed by atoms with Gasteiger partial charge in [-0.2, -0.15) is 4.98 Å². The van der Waals surface area contributed by atoms with Gasteiger partial charge in [0.2, 0.25) is 5.88 Å². The monoisotopic (exact) mass is 280 g/mol. The lowest BCUT2D eigenvalue weighted by Gasteiger charge is -2.38. The molecule has 0 amide bonds. The van der Waals surface area contributed by atoms with Crippen LogP contribution >= 0.6 is 0 Å². The van der Waals surface area contributed by atoms with Gasteiger partial charge in [0.25, 0.3) is 5.56 Å². The maximum atomic E-state index is 12.0. The van der Waals surface area contributed by atoms with E-state index in [0.29, 0.717) is 30.3 Å². The van der Waals surface area contributed by atoms with Crippen LogP contribution in [0.5, 0.6) is 5.88 Å². The van der Waals surface area contributed by atoms with Gasteiger partial charge in [-0.25, -0.2) is 0 Å². The van der Waals surface area contributed by atoms with Crippen molar-refractivity contribution in [2.75, 3.05) is 6.61 Å². The number of aromatic hydroxyl groups is 1. The molecule has 20 heavy (non-hydrogen) atoms. The molecule has 0 aromatic carbocycles. The molecule has 112 valence electrons. The smallest absolute Gasteiger partial charge is 0.258 e. The van der Waals surface area contributed by atoms with Crippen molar-refractivity contribution in [3.8, 4) is 5.88 Å². The van der Waals surface area contributed by atoms with Crippen LogP contribution in [0.1, 0.15) is 57.8 Å². The van der Waals surface area contributed by atoms with Crippen molar-refractivity contribution in [3.63, 3.8) is 0 Å². The summed E-state index contributed by atoms with van der Waals surface area (Å²) < 4.78 is 5.94. The predicted molar refractivity (Wildman–Crippen MR) is 76.8 cm³/mol. The summed E-state index contributed by atoms with van der Waals surface area (Å²) in [7, 11) is 0. The minimum atomic E-state index is -0.551. The Labute approximate surface area is 119 Å². The molecule has 2 N–H and O–H groups in total. The van der Waals surface area contributed by atoms with Crippen molar-refractivity contribution in [3.05, 3.63) is 21.7 Å². The molecular weight excluding hydrogens is 256 g/mol. The first-order valence-corrected chi connectivity index (χ1v) is 7.49. The Morgan fingerprint density at radius 2 is 2.05 bits per heavy atom. The van der Waals surface area contributed by atoms with E-state index in [2.05, 4.69) is 16.9 Å². The second kappa shape index (κ2) is 5.95. The standard InChI is InChI=1S/C15H24N2O3/c1-4-11-12(18)16-14(17-13(11)19)15(20-5-2)8-6-10(3)7-9-15/h10H,4-9H2,1-3H3,(H2,16,17,18,19). The number of aromatic nitrogens is 2. The van der Waals surface area contributed by atoms with Crippen LogP contribution in [0.3, 0.4) is 0 Å². The molecule has 1 aliphatic carbocycles. The molecule has 0 spiro atoms. The Morgan fingerprint density at radius 3 is 2.55 bits per heavy atom. The van der Waals surface area contributed by atoms with Crippen molar-refractivity contribution in [2.45, 2.75) is 58.5 Å². The molecule has 1 saturated carbocycles. The lowest BCUT2D eigenvalue weighted by molar-refractivity contribution is -0.0841. The van der Waals surface area contributed by atoms with E-state index in [9.17, 15) is 9.90 Å². The van der Waals surface area contributed by atoms with Gasteiger partial charge >= 0.3 is 0 Å². The summed E-state index contributed by atoms with van der Waals surface area (Å²) >= 11 is 0. The van der Waals surface area contributed by atoms with E-state index >= 15 is 0 Å². The quantitative estimate of drug-likeness (QED) is 0.888. The van der Waals surface area contributed by atoms with Gasteiger partial charge in [0.1, 0.15) is 11.4 Å². The van der Waals surface area contributed by atoms with Gasteiger partial charge in [0.05, 0.1) is 5.56 Å². The topological polar surface area (TPSA) is 75.2 Å². The van der Waals surface area contributed by atoms with E-state index < -0.39 is 5.60 Å². The summed E-state index contributed by atoms with van der Waals surface area (Å²) in [5.41, 5.74) is -0.471. The van der Waals surface area contributed by atoms with Gasteiger partial charge in [0.15, 0.2) is 0 Å². The van der Waals surface area contributed by atoms with E-state index in [1.807, 2.05) is 13.8 Å². The van der Waals surface area contributed by atoms with Crippen LogP contribution in [0.4, 0.5) is 0 Å². The van der Waals surface area contributed by atoms with Crippen molar-refractivity contribution in [1.82, 2.24) is 9.97 Å². The highest BCUT2D eigenvalue weighted by Crippen LogP contribution is 2.41. The third-order valence-corrected chi connectivity index (χ3v) is 4.28. The second-order valence-corrected chi connectivity index (χ2v) is 5.68. The molecule has 1 aromatic rings. The first kappa shape index (κ1) is 15.0. The van der Waals surface area contributed by atoms with Crippen molar-refractivity contribution >= 4 is 0 Å². The molecule has 1 heterocycles. The Balaban J connectivity index is 2.42. The highest BCUT2D eigenvalue weighted by Gasteiger charge is 2.39. The Morgan fingerprint density at radius 1 is 1.40 bits per heavy atom. The number of aromatic amines is 1. The van der Waals surface area contributed by atoms with E-state index in [0.717, 1.165) is 25.7 Å². The summed E-state index contributed by atoms with van der Waals surface area (Å²) in [6.07, 6.45) is 4.21. The van der Waals surface area contributed by atoms with E-state index in [1.165, 1.54) is 0 Å². The zero-order chi connectivity index (χ0) is 14.8. The summed E-state index contributed by atoms with van der Waals surface area (Å²) in [6.45, 7) is 6.56. The summed E-state index contributed by atoms with van der Waals surface area (Å²) in [5, 5.41) is 9.95. The lowest BCUT2D eigenvalue weighted by atomic mass is 9.79. The molecule has 0 bridgehead atoms. The van der Waals surface area contributed by atoms with Crippen LogP contribution in [0.2, 0.25) is 0 Å². The van der Waals surface area contributed by atoms with Crippen LogP contribution in [0.15, 0.2) is 4.79 Å². The molecule has 1 aliphatic rings. The number of hydrogen-bond acceptors (Lipinski definition) is 4. The predicted octanol–water partition coefficient (Wildman–Crippen LogP) is 2.48. The highest BCUT2D eigenvalue weighted by molar-refractivity contribution is 5.24. The molecule has 0 unspecified atom stereocenters. The molecule has 1 aromatic heterocycles. The molecular formula is C15H24N2O3. The Kier molecular flexibility index (Phi) is 4.48. The van der Waals surface area contributed by atoms with Crippen molar-refractivity contribution in [2.24, 2.45) is 5.92 Å². The SMILES string of the molecule is CCOC1(c2nc(O)c(CC)c(=O)[nH]2)CCC(C)CC1. The first-order chi connectivity index (χ1) is 9.52. The average Bonchev–Trinajstić information content (AvgIpc) is 2.41. The zero-order valence-corrected chi connectivity index (χ0v) is 12.5. The third-order valence-electron chi connectivity index (χ3n) is 4.28. The van der Waals surface area contributed by atoms with Crippen LogP contribution in [-0.4, -0.2) is 21.7 Å². The number of rotatable bonds is 4. The van der Waals surface area contributed by atoms with Gasteiger partial charge in [-0.1, -0.05) is 13.8 Å². The summed E-state index contributed by atoms with van der Waals surface area (Å²) in [5.74, 6) is 0.980. The maximum absolute atomic E-state index is 12.0. The van der Waals surface area contributed by atoms with Crippen molar-refractivity contribution < 1.29 is 9.84 Å². The van der Waals surface area contributed by atoms with E-state index in [1.54, 1.807) is 0 Å². The molecule has 0 aliphatic heterocycles. The summed E-state index contributed by atoms with van der Waals surface area (Å²) in [4.78, 5) is 19.1. The number of nitrogens with one attached hydrogen (secondary N) is 1. The number of nitrogens with zero attached hydrogens (tertiary/aromatic N) is 1. The van der Waals surface area contributed by atoms with E-state index in [4.69, 9.17) is 4.74 Å². The van der Waals surface area contributed by atoms with Gasteiger partial charge in [-0.05, 0) is 44.9 Å². The molecule has 2 rings (SSSR count). The fraction of sp³-hybridized carbons (Fsp3) is 0.733. The Bertz CT molecular complexity index is 516.